The van der Waals surface area contributed by atoms with Crippen molar-refractivity contribution < 1.29 is 8.83 Å². The Morgan fingerprint density at radius 3 is 2.14 bits per heavy atom. The summed E-state index contributed by atoms with van der Waals surface area (Å²) in [6, 6.07) is 17.4. The summed E-state index contributed by atoms with van der Waals surface area (Å²) in [5.41, 5.74) is 2.57. The first-order chi connectivity index (χ1) is 10.4. The molecule has 0 aliphatic carbocycles. The van der Waals surface area contributed by atoms with Crippen molar-refractivity contribution in [2.24, 2.45) is 0 Å². The number of nitrogens with one attached hydrogen (secondary N) is 1. The molecule has 21 heavy (non-hydrogen) atoms. The van der Waals surface area contributed by atoms with Crippen LogP contribution in [0.2, 0.25) is 0 Å². The SMILES string of the molecule is c1ccc(-c2nc(-c3ccco3)c(-c3ccco3)[nH]2)cc1. The number of furan rings is 2. The van der Waals surface area contributed by atoms with E-state index in [-0.39, 0.29) is 0 Å². The van der Waals surface area contributed by atoms with Gasteiger partial charge in [0.15, 0.2) is 11.5 Å². The summed E-state index contributed by atoms with van der Waals surface area (Å²) in [6.45, 7) is 0. The molecule has 102 valence electrons. The molecular formula is C17H12N2O2. The molecule has 0 amide bonds. The third kappa shape index (κ3) is 2.07. The summed E-state index contributed by atoms with van der Waals surface area (Å²) in [5.74, 6) is 2.23. The molecule has 4 heteroatoms. The summed E-state index contributed by atoms with van der Waals surface area (Å²) in [7, 11) is 0. The van der Waals surface area contributed by atoms with Crippen LogP contribution in [-0.4, -0.2) is 9.97 Å². The topological polar surface area (TPSA) is 55.0 Å². The fourth-order valence-corrected chi connectivity index (χ4v) is 2.30. The molecule has 4 aromatic rings. The van der Waals surface area contributed by atoms with Crippen molar-refractivity contribution in [1.82, 2.24) is 9.97 Å². The second-order valence-corrected chi connectivity index (χ2v) is 4.63. The van der Waals surface area contributed by atoms with Crippen molar-refractivity contribution in [2.75, 3.05) is 0 Å². The van der Waals surface area contributed by atoms with Gasteiger partial charge in [0.05, 0.1) is 12.5 Å². The molecule has 0 fully saturated rings. The molecule has 0 radical (unpaired) electrons. The molecule has 1 aromatic carbocycles. The highest BCUT2D eigenvalue weighted by molar-refractivity contribution is 5.76. The van der Waals surface area contributed by atoms with Crippen molar-refractivity contribution in [3.05, 3.63) is 67.1 Å². The number of benzene rings is 1. The maximum absolute atomic E-state index is 5.49. The van der Waals surface area contributed by atoms with Gasteiger partial charge in [-0.1, -0.05) is 30.3 Å². The van der Waals surface area contributed by atoms with E-state index in [0.29, 0.717) is 5.76 Å². The van der Waals surface area contributed by atoms with Gasteiger partial charge in [0.2, 0.25) is 0 Å². The number of rotatable bonds is 3. The normalized spacial score (nSPS) is 10.9. The number of H-pyrrole nitrogens is 1. The molecule has 3 aromatic heterocycles. The number of aromatic amines is 1. The van der Waals surface area contributed by atoms with Gasteiger partial charge in [0.1, 0.15) is 17.2 Å². The average Bonchev–Trinajstić information content (AvgIpc) is 3.27. The van der Waals surface area contributed by atoms with Crippen molar-refractivity contribution in [3.63, 3.8) is 0 Å². The molecule has 4 rings (SSSR count). The summed E-state index contributed by atoms with van der Waals surface area (Å²) in [6.07, 6.45) is 3.28. The molecule has 0 aliphatic heterocycles. The highest BCUT2D eigenvalue weighted by Crippen LogP contribution is 2.33. The van der Waals surface area contributed by atoms with Gasteiger partial charge < -0.3 is 13.8 Å². The predicted molar refractivity (Wildman–Crippen MR) is 79.4 cm³/mol. The van der Waals surface area contributed by atoms with Gasteiger partial charge in [-0.2, -0.15) is 0 Å². The van der Waals surface area contributed by atoms with Crippen LogP contribution >= 0.6 is 0 Å². The number of aromatic nitrogens is 2. The van der Waals surface area contributed by atoms with E-state index in [1.165, 1.54) is 0 Å². The van der Waals surface area contributed by atoms with E-state index in [2.05, 4.69) is 9.97 Å². The third-order valence-corrected chi connectivity index (χ3v) is 3.27. The van der Waals surface area contributed by atoms with Gasteiger partial charge in [0, 0.05) is 5.56 Å². The number of nitrogens with zero attached hydrogens (tertiary/aromatic N) is 1. The van der Waals surface area contributed by atoms with Crippen LogP contribution in [-0.2, 0) is 0 Å². The van der Waals surface area contributed by atoms with Crippen molar-refractivity contribution in [1.29, 1.82) is 0 Å². The van der Waals surface area contributed by atoms with E-state index in [0.717, 1.165) is 28.5 Å². The zero-order valence-electron chi connectivity index (χ0n) is 11.1. The average molecular weight is 276 g/mol. The van der Waals surface area contributed by atoms with Gasteiger partial charge in [0.25, 0.3) is 0 Å². The summed E-state index contributed by atoms with van der Waals surface area (Å²) in [5, 5.41) is 0. The Bertz CT molecular complexity index is 777. The van der Waals surface area contributed by atoms with Crippen molar-refractivity contribution in [2.45, 2.75) is 0 Å². The molecule has 0 bridgehead atoms. The Balaban J connectivity index is 1.91. The van der Waals surface area contributed by atoms with E-state index >= 15 is 0 Å². The van der Waals surface area contributed by atoms with E-state index in [1.807, 2.05) is 54.6 Å². The van der Waals surface area contributed by atoms with Gasteiger partial charge in [-0.3, -0.25) is 0 Å². The van der Waals surface area contributed by atoms with Gasteiger partial charge in [-0.15, -0.1) is 0 Å². The smallest absolute Gasteiger partial charge is 0.154 e. The fourth-order valence-electron chi connectivity index (χ4n) is 2.30. The van der Waals surface area contributed by atoms with Crippen LogP contribution in [0.4, 0.5) is 0 Å². The van der Waals surface area contributed by atoms with Gasteiger partial charge in [-0.05, 0) is 24.3 Å². The molecule has 0 aliphatic rings. The van der Waals surface area contributed by atoms with Crippen LogP contribution in [0.15, 0.2) is 76.0 Å². The Kier molecular flexibility index (Phi) is 2.71. The van der Waals surface area contributed by atoms with E-state index in [1.54, 1.807) is 12.5 Å². The van der Waals surface area contributed by atoms with Gasteiger partial charge in [-0.25, -0.2) is 4.98 Å². The van der Waals surface area contributed by atoms with Crippen LogP contribution < -0.4 is 0 Å². The largest absolute Gasteiger partial charge is 0.463 e. The number of hydrogen-bond donors (Lipinski definition) is 1. The second kappa shape index (κ2) is 4.83. The Hall–Kier alpha value is -3.01. The molecule has 0 saturated heterocycles. The quantitative estimate of drug-likeness (QED) is 0.595. The first-order valence-electron chi connectivity index (χ1n) is 6.65. The molecule has 0 unspecified atom stereocenters. The minimum absolute atomic E-state index is 0.708. The summed E-state index contributed by atoms with van der Waals surface area (Å²) < 4.78 is 11.0. The monoisotopic (exact) mass is 276 g/mol. The molecule has 3 heterocycles. The summed E-state index contributed by atoms with van der Waals surface area (Å²) in [4.78, 5) is 7.99. The predicted octanol–water partition coefficient (Wildman–Crippen LogP) is 4.60. The lowest BCUT2D eigenvalue weighted by atomic mass is 10.2. The number of hydrogen-bond acceptors (Lipinski definition) is 3. The van der Waals surface area contributed by atoms with Crippen LogP contribution in [0.25, 0.3) is 34.3 Å². The van der Waals surface area contributed by atoms with Crippen molar-refractivity contribution >= 4 is 0 Å². The van der Waals surface area contributed by atoms with E-state index in [4.69, 9.17) is 8.83 Å². The first-order valence-corrected chi connectivity index (χ1v) is 6.65. The molecule has 4 nitrogen and oxygen atoms in total. The Labute approximate surface area is 121 Å². The maximum Gasteiger partial charge on any atom is 0.154 e. The highest BCUT2D eigenvalue weighted by atomic mass is 16.3. The van der Waals surface area contributed by atoms with Crippen molar-refractivity contribution in [3.8, 4) is 34.3 Å². The zero-order chi connectivity index (χ0) is 14.1. The lowest BCUT2D eigenvalue weighted by Gasteiger charge is -1.95. The van der Waals surface area contributed by atoms with Crippen LogP contribution in [0.5, 0.6) is 0 Å². The minimum Gasteiger partial charge on any atom is -0.463 e. The highest BCUT2D eigenvalue weighted by Gasteiger charge is 2.18. The second-order valence-electron chi connectivity index (χ2n) is 4.63. The first kappa shape index (κ1) is 11.8. The van der Waals surface area contributed by atoms with E-state index < -0.39 is 0 Å². The molecule has 1 N–H and O–H groups in total. The lowest BCUT2D eigenvalue weighted by molar-refractivity contribution is 0.573. The van der Waals surface area contributed by atoms with Gasteiger partial charge >= 0.3 is 0 Å². The zero-order valence-corrected chi connectivity index (χ0v) is 11.1. The Morgan fingerprint density at radius 1 is 0.762 bits per heavy atom. The molecular weight excluding hydrogens is 264 g/mol. The number of imidazole rings is 1. The van der Waals surface area contributed by atoms with Crippen LogP contribution in [0, 0.1) is 0 Å². The molecule has 0 atom stereocenters. The van der Waals surface area contributed by atoms with Crippen LogP contribution in [0.1, 0.15) is 0 Å². The summed E-state index contributed by atoms with van der Waals surface area (Å²) >= 11 is 0. The minimum atomic E-state index is 0.708. The molecule has 0 spiro atoms. The lowest BCUT2D eigenvalue weighted by Crippen LogP contribution is -1.79. The maximum atomic E-state index is 5.49. The Morgan fingerprint density at radius 2 is 1.48 bits per heavy atom. The molecule has 0 saturated carbocycles. The fraction of sp³-hybridized carbons (Fsp3) is 0. The van der Waals surface area contributed by atoms with E-state index in [9.17, 15) is 0 Å². The third-order valence-electron chi connectivity index (χ3n) is 3.27. The standard InChI is InChI=1S/C17H12N2O2/c1-2-6-12(7-3-1)17-18-15(13-8-4-10-20-13)16(19-17)14-9-5-11-21-14/h1-11H,(H,18,19). The van der Waals surface area contributed by atoms with Crippen LogP contribution in [0.3, 0.4) is 0 Å².